The predicted octanol–water partition coefficient (Wildman–Crippen LogP) is 6.26. The SMILES string of the molecule is COc1ccccc1CN=NC([Si])=C(N=NCc1ccccc1OC)N=NCc1ccccc1OC. The minimum Gasteiger partial charge on any atom is -0.496 e. The zero-order valence-corrected chi connectivity index (χ0v) is 21.5. The molecule has 0 aliphatic carbocycles. The highest BCUT2D eigenvalue weighted by Crippen LogP contribution is 2.22. The van der Waals surface area contributed by atoms with Gasteiger partial charge < -0.3 is 14.2 Å². The lowest BCUT2D eigenvalue weighted by Gasteiger charge is -2.05. The van der Waals surface area contributed by atoms with Crippen molar-refractivity contribution in [1.29, 1.82) is 0 Å². The van der Waals surface area contributed by atoms with Crippen molar-refractivity contribution in [3.05, 3.63) is 101 Å². The number of benzene rings is 3. The molecular weight excluding hydrogens is 472 g/mol. The van der Waals surface area contributed by atoms with E-state index >= 15 is 0 Å². The van der Waals surface area contributed by atoms with Gasteiger partial charge in [0.05, 0.1) is 46.3 Å². The molecular formula is C26H27N6O3Si. The van der Waals surface area contributed by atoms with E-state index in [1.165, 1.54) is 0 Å². The van der Waals surface area contributed by atoms with Crippen LogP contribution in [0.1, 0.15) is 16.7 Å². The Balaban J connectivity index is 1.81. The fourth-order valence-corrected chi connectivity index (χ4v) is 3.37. The number of ether oxygens (including phenoxy) is 3. The Bertz CT molecular complexity index is 1200. The van der Waals surface area contributed by atoms with E-state index in [0.717, 1.165) is 33.9 Å². The monoisotopic (exact) mass is 499 g/mol. The highest BCUT2D eigenvalue weighted by atomic mass is 28.1. The normalized spacial score (nSPS) is 11.3. The number of methoxy groups -OCH3 is 3. The zero-order chi connectivity index (χ0) is 25.6. The first-order valence-electron chi connectivity index (χ1n) is 11.1. The summed E-state index contributed by atoms with van der Waals surface area (Å²) < 4.78 is 16.1. The van der Waals surface area contributed by atoms with Gasteiger partial charge in [-0.25, -0.2) is 0 Å². The van der Waals surface area contributed by atoms with Crippen LogP contribution in [-0.4, -0.2) is 31.6 Å². The molecule has 0 aromatic heterocycles. The molecule has 3 rings (SSSR count). The van der Waals surface area contributed by atoms with E-state index in [2.05, 4.69) is 40.9 Å². The molecule has 3 aromatic rings. The molecule has 0 heterocycles. The summed E-state index contributed by atoms with van der Waals surface area (Å²) >= 11 is 0. The predicted molar refractivity (Wildman–Crippen MR) is 137 cm³/mol. The second-order valence-electron chi connectivity index (χ2n) is 7.31. The van der Waals surface area contributed by atoms with Crippen molar-refractivity contribution in [2.45, 2.75) is 19.6 Å². The Morgan fingerprint density at radius 3 is 1.25 bits per heavy atom. The van der Waals surface area contributed by atoms with Crippen molar-refractivity contribution < 1.29 is 14.2 Å². The lowest BCUT2D eigenvalue weighted by Crippen LogP contribution is -1.91. The molecule has 0 unspecified atom stereocenters. The Hall–Kier alpha value is -4.18. The van der Waals surface area contributed by atoms with Crippen molar-refractivity contribution in [1.82, 2.24) is 0 Å². The molecule has 0 atom stereocenters. The number of hydrogen-bond acceptors (Lipinski definition) is 9. The highest BCUT2D eigenvalue weighted by Gasteiger charge is 2.05. The maximum atomic E-state index is 5.38. The Morgan fingerprint density at radius 2 is 0.889 bits per heavy atom. The van der Waals surface area contributed by atoms with Gasteiger partial charge in [0.15, 0.2) is 0 Å². The summed E-state index contributed by atoms with van der Waals surface area (Å²) in [6.07, 6.45) is 0. The average Bonchev–Trinajstić information content (AvgIpc) is 2.92. The van der Waals surface area contributed by atoms with Crippen LogP contribution < -0.4 is 14.2 Å². The average molecular weight is 500 g/mol. The molecule has 0 spiro atoms. The van der Waals surface area contributed by atoms with Gasteiger partial charge in [-0.1, -0.05) is 54.6 Å². The van der Waals surface area contributed by atoms with E-state index < -0.39 is 0 Å². The fraction of sp³-hybridized carbons (Fsp3) is 0.231. The van der Waals surface area contributed by atoms with E-state index in [1.807, 2.05) is 72.8 Å². The molecule has 3 radical (unpaired) electrons. The largest absolute Gasteiger partial charge is 0.496 e. The van der Waals surface area contributed by atoms with Crippen LogP contribution in [0.25, 0.3) is 0 Å². The van der Waals surface area contributed by atoms with Crippen LogP contribution in [0.2, 0.25) is 0 Å². The van der Waals surface area contributed by atoms with Crippen LogP contribution in [0.5, 0.6) is 17.2 Å². The first-order valence-corrected chi connectivity index (χ1v) is 11.6. The summed E-state index contributed by atoms with van der Waals surface area (Å²) in [4.78, 5) is 0. The van der Waals surface area contributed by atoms with Gasteiger partial charge in [0, 0.05) is 16.7 Å². The molecule has 0 N–H and O–H groups in total. The molecule has 10 heteroatoms. The van der Waals surface area contributed by atoms with Gasteiger partial charge >= 0.3 is 0 Å². The molecule has 36 heavy (non-hydrogen) atoms. The molecule has 0 bridgehead atoms. The van der Waals surface area contributed by atoms with Gasteiger partial charge in [0.25, 0.3) is 0 Å². The fourth-order valence-electron chi connectivity index (χ4n) is 3.20. The highest BCUT2D eigenvalue weighted by molar-refractivity contribution is 6.21. The Kier molecular flexibility index (Phi) is 10.5. The minimum absolute atomic E-state index is 0.181. The van der Waals surface area contributed by atoms with Gasteiger partial charge in [-0.05, 0) is 18.2 Å². The molecule has 0 saturated heterocycles. The first kappa shape index (κ1) is 26.4. The maximum Gasteiger partial charge on any atom is 0.213 e. The second-order valence-corrected chi connectivity index (χ2v) is 7.78. The third-order valence-electron chi connectivity index (χ3n) is 5.01. The van der Waals surface area contributed by atoms with Gasteiger partial charge in [-0.2, -0.15) is 20.5 Å². The van der Waals surface area contributed by atoms with Crippen LogP contribution >= 0.6 is 0 Å². The second kappa shape index (κ2) is 14.3. The number of hydrogen-bond donors (Lipinski definition) is 0. The zero-order valence-electron chi connectivity index (χ0n) is 20.5. The van der Waals surface area contributed by atoms with Crippen LogP contribution in [0.15, 0.2) is 115 Å². The van der Waals surface area contributed by atoms with E-state index in [9.17, 15) is 0 Å². The van der Waals surface area contributed by atoms with E-state index in [-0.39, 0.29) is 11.1 Å². The topological polar surface area (TPSA) is 102 Å². The van der Waals surface area contributed by atoms with Crippen LogP contribution in [-0.2, 0) is 19.6 Å². The Morgan fingerprint density at radius 1 is 0.556 bits per heavy atom. The van der Waals surface area contributed by atoms with Gasteiger partial charge in [0.2, 0.25) is 5.82 Å². The number of nitrogens with zero attached hydrogens (tertiary/aromatic N) is 6. The van der Waals surface area contributed by atoms with E-state index in [0.29, 0.717) is 19.6 Å². The smallest absolute Gasteiger partial charge is 0.213 e. The number of rotatable bonds is 12. The summed E-state index contributed by atoms with van der Waals surface area (Å²) in [5.74, 6) is 2.38. The summed E-state index contributed by atoms with van der Waals surface area (Å²) in [5.41, 5.74) is 2.69. The lowest BCUT2D eigenvalue weighted by molar-refractivity contribution is 0.409. The molecule has 0 saturated carbocycles. The molecule has 0 fully saturated rings. The standard InChI is InChI=1S/C26H27N6O3Si/c1-33-22-13-7-4-10-19(22)16-27-30-25(31-28-17-20-11-5-8-14-23(20)34-2)26(36)32-29-18-21-12-6-9-15-24(21)35-3/h4-15H,16-18H2,1-3H3. The summed E-state index contributed by atoms with van der Waals surface area (Å²) in [6.45, 7) is 0.919. The van der Waals surface area contributed by atoms with Crippen molar-refractivity contribution >= 4 is 10.2 Å². The third-order valence-corrected chi connectivity index (χ3v) is 5.34. The third kappa shape index (κ3) is 7.67. The van der Waals surface area contributed by atoms with Crippen LogP contribution in [0.3, 0.4) is 0 Å². The quantitative estimate of drug-likeness (QED) is 0.217. The van der Waals surface area contributed by atoms with Gasteiger partial charge in [-0.15, -0.1) is 10.2 Å². The van der Waals surface area contributed by atoms with E-state index in [4.69, 9.17) is 14.2 Å². The minimum atomic E-state index is 0.181. The van der Waals surface area contributed by atoms with E-state index in [1.54, 1.807) is 21.3 Å². The van der Waals surface area contributed by atoms with Crippen molar-refractivity contribution in [3.63, 3.8) is 0 Å². The first-order chi connectivity index (χ1) is 17.7. The van der Waals surface area contributed by atoms with Crippen LogP contribution in [0.4, 0.5) is 0 Å². The molecule has 183 valence electrons. The maximum absolute atomic E-state index is 5.38. The van der Waals surface area contributed by atoms with Gasteiger partial charge in [-0.3, -0.25) is 0 Å². The van der Waals surface area contributed by atoms with Gasteiger partial charge in [0.1, 0.15) is 27.5 Å². The molecule has 9 nitrogen and oxygen atoms in total. The summed E-state index contributed by atoms with van der Waals surface area (Å²) in [7, 11) is 8.33. The summed E-state index contributed by atoms with van der Waals surface area (Å²) in [5, 5.41) is 25.8. The Labute approximate surface area is 214 Å². The number of azo groups is 3. The number of para-hydroxylation sites is 3. The van der Waals surface area contributed by atoms with Crippen molar-refractivity contribution in [3.8, 4) is 17.2 Å². The molecule has 0 amide bonds. The molecule has 0 aliphatic rings. The van der Waals surface area contributed by atoms with Crippen molar-refractivity contribution in [2.24, 2.45) is 30.7 Å². The molecule has 0 aliphatic heterocycles. The lowest BCUT2D eigenvalue weighted by atomic mass is 10.2. The van der Waals surface area contributed by atoms with Crippen LogP contribution in [0, 0.1) is 0 Å². The summed E-state index contributed by atoms with van der Waals surface area (Å²) in [6, 6.07) is 22.8. The van der Waals surface area contributed by atoms with Crippen molar-refractivity contribution in [2.75, 3.05) is 21.3 Å². The molecule has 3 aromatic carbocycles.